The molecule has 68 valence electrons. The fraction of sp³-hybridized carbons (Fsp3) is 0.455. The summed E-state index contributed by atoms with van der Waals surface area (Å²) in [6.45, 7) is -0.0869. The normalized spacial score (nSPS) is 28.9. The predicted molar refractivity (Wildman–Crippen MR) is 58.3 cm³/mol. The standard InChI is InChI=1S/C11H12BrN/c1-13-7-11(5-6-11)10-8(12)3-2-4-9(10)13/h2-4H,5-7H2,1H3/i7D. The third-order valence-corrected chi connectivity index (χ3v) is 3.76. The molecular formula is C11H12BrN. The zero-order valence-corrected chi connectivity index (χ0v) is 9.13. The van der Waals surface area contributed by atoms with Gasteiger partial charge in [0.15, 0.2) is 0 Å². The first-order chi connectivity index (χ1) is 6.67. The molecule has 0 N–H and O–H groups in total. The van der Waals surface area contributed by atoms with Crippen molar-refractivity contribution in [2.24, 2.45) is 0 Å². The number of fused-ring (bicyclic) bond motifs is 2. The second kappa shape index (κ2) is 2.30. The highest BCUT2D eigenvalue weighted by atomic mass is 79.9. The largest absolute Gasteiger partial charge is 0.373 e. The quantitative estimate of drug-likeness (QED) is 0.672. The van der Waals surface area contributed by atoms with Gasteiger partial charge < -0.3 is 4.90 Å². The van der Waals surface area contributed by atoms with Gasteiger partial charge in [-0.3, -0.25) is 0 Å². The maximum absolute atomic E-state index is 8.19. The molecule has 1 fully saturated rings. The van der Waals surface area contributed by atoms with Gasteiger partial charge in [-0.25, -0.2) is 0 Å². The van der Waals surface area contributed by atoms with Crippen molar-refractivity contribution in [2.75, 3.05) is 18.5 Å². The second-order valence-electron chi connectivity index (χ2n) is 4.03. The molecule has 1 nitrogen and oxygen atoms in total. The van der Waals surface area contributed by atoms with Crippen LogP contribution in [-0.2, 0) is 5.41 Å². The van der Waals surface area contributed by atoms with Crippen LogP contribution in [0.1, 0.15) is 19.8 Å². The van der Waals surface area contributed by atoms with Crippen LogP contribution in [0, 0.1) is 0 Å². The van der Waals surface area contributed by atoms with E-state index in [-0.39, 0.29) is 11.9 Å². The van der Waals surface area contributed by atoms with E-state index in [2.05, 4.69) is 33.0 Å². The van der Waals surface area contributed by atoms with Crippen molar-refractivity contribution >= 4 is 21.6 Å². The molecule has 0 amide bonds. The highest BCUT2D eigenvalue weighted by Crippen LogP contribution is 2.58. The Hall–Kier alpha value is -0.500. The molecule has 1 aromatic rings. The number of halogens is 1. The van der Waals surface area contributed by atoms with Crippen molar-refractivity contribution in [1.29, 1.82) is 0 Å². The molecule has 1 atom stereocenters. The predicted octanol–water partition coefficient (Wildman–Crippen LogP) is 2.93. The van der Waals surface area contributed by atoms with E-state index < -0.39 is 0 Å². The van der Waals surface area contributed by atoms with Crippen LogP contribution in [0.25, 0.3) is 0 Å². The molecule has 3 rings (SSSR count). The highest BCUT2D eigenvalue weighted by molar-refractivity contribution is 9.10. The van der Waals surface area contributed by atoms with E-state index in [1.807, 2.05) is 13.1 Å². The van der Waals surface area contributed by atoms with Crippen LogP contribution in [0.3, 0.4) is 0 Å². The van der Waals surface area contributed by atoms with Gasteiger partial charge in [0.1, 0.15) is 0 Å². The fourth-order valence-electron chi connectivity index (χ4n) is 2.32. The molecule has 13 heavy (non-hydrogen) atoms. The first-order valence-corrected chi connectivity index (χ1v) is 5.40. The monoisotopic (exact) mass is 238 g/mol. The van der Waals surface area contributed by atoms with Crippen LogP contribution in [0.4, 0.5) is 5.69 Å². The summed E-state index contributed by atoms with van der Waals surface area (Å²) in [5, 5.41) is 0. The van der Waals surface area contributed by atoms with E-state index >= 15 is 0 Å². The van der Waals surface area contributed by atoms with Gasteiger partial charge in [-0.1, -0.05) is 22.0 Å². The average Bonchev–Trinajstić information content (AvgIpc) is 2.92. The summed E-state index contributed by atoms with van der Waals surface area (Å²) in [7, 11) is 2.02. The zero-order chi connectivity index (χ0) is 9.92. The molecule has 1 aromatic carbocycles. The summed E-state index contributed by atoms with van der Waals surface area (Å²) in [6, 6.07) is 6.26. The Morgan fingerprint density at radius 1 is 1.54 bits per heavy atom. The number of likely N-dealkylation sites (N-methyl/N-ethyl adjacent to an activating group) is 1. The molecule has 2 heteroatoms. The number of nitrogens with zero attached hydrogens (tertiary/aromatic N) is 1. The molecule has 1 aliphatic heterocycles. The van der Waals surface area contributed by atoms with Crippen LogP contribution in [0.2, 0.25) is 0 Å². The van der Waals surface area contributed by atoms with Gasteiger partial charge in [0.05, 0.1) is 1.37 Å². The Kier molecular flexibility index (Phi) is 1.22. The van der Waals surface area contributed by atoms with Gasteiger partial charge in [-0.2, -0.15) is 0 Å². The average molecular weight is 239 g/mol. The van der Waals surface area contributed by atoms with Gasteiger partial charge in [0, 0.05) is 29.1 Å². The summed E-state index contributed by atoms with van der Waals surface area (Å²) in [5.74, 6) is 0. The fourth-order valence-corrected chi connectivity index (χ4v) is 3.07. The first-order valence-electron chi connectivity index (χ1n) is 5.19. The number of hydrogen-bond acceptors (Lipinski definition) is 1. The number of hydrogen-bond donors (Lipinski definition) is 0. The minimum Gasteiger partial charge on any atom is -0.373 e. The van der Waals surface area contributed by atoms with Gasteiger partial charge in [-0.05, 0) is 30.5 Å². The Bertz CT molecular complexity index is 400. The minimum atomic E-state index is -0.0869. The van der Waals surface area contributed by atoms with Gasteiger partial charge in [-0.15, -0.1) is 0 Å². The van der Waals surface area contributed by atoms with Crippen molar-refractivity contribution in [3.8, 4) is 0 Å². The first kappa shape index (κ1) is 6.88. The summed E-state index contributed by atoms with van der Waals surface area (Å²) in [5.41, 5.74) is 2.74. The van der Waals surface area contributed by atoms with Crippen molar-refractivity contribution < 1.29 is 1.37 Å². The van der Waals surface area contributed by atoms with E-state index in [4.69, 9.17) is 1.37 Å². The Labute approximate surface area is 88.3 Å². The third-order valence-electron chi connectivity index (χ3n) is 3.10. The molecule has 1 aliphatic carbocycles. The molecule has 2 aliphatic rings. The van der Waals surface area contributed by atoms with Crippen LogP contribution < -0.4 is 4.90 Å². The topological polar surface area (TPSA) is 3.24 Å². The van der Waals surface area contributed by atoms with Crippen LogP contribution >= 0.6 is 15.9 Å². The van der Waals surface area contributed by atoms with Crippen molar-refractivity contribution in [2.45, 2.75) is 18.3 Å². The molecule has 0 saturated heterocycles. The molecular weight excluding hydrogens is 226 g/mol. The maximum Gasteiger partial charge on any atom is 0.0502 e. The molecule has 1 saturated carbocycles. The van der Waals surface area contributed by atoms with E-state index in [0.29, 0.717) is 0 Å². The summed E-state index contributed by atoms with van der Waals surface area (Å²) in [6.07, 6.45) is 2.34. The lowest BCUT2D eigenvalue weighted by atomic mass is 9.99. The smallest absolute Gasteiger partial charge is 0.0502 e. The molecule has 0 aromatic heterocycles. The Balaban J connectivity index is 2.27. The van der Waals surface area contributed by atoms with Gasteiger partial charge in [0.2, 0.25) is 0 Å². The molecule has 1 heterocycles. The Morgan fingerprint density at radius 3 is 3.00 bits per heavy atom. The van der Waals surface area contributed by atoms with E-state index in [0.717, 1.165) is 0 Å². The number of anilines is 1. The van der Waals surface area contributed by atoms with Crippen LogP contribution in [0.5, 0.6) is 0 Å². The van der Waals surface area contributed by atoms with Crippen molar-refractivity contribution in [3.63, 3.8) is 0 Å². The lowest BCUT2D eigenvalue weighted by molar-refractivity contribution is 0.729. The number of rotatable bonds is 0. The minimum absolute atomic E-state index is 0.0869. The lowest BCUT2D eigenvalue weighted by Crippen LogP contribution is -2.18. The van der Waals surface area contributed by atoms with E-state index in [1.165, 1.54) is 28.6 Å². The van der Waals surface area contributed by atoms with Crippen molar-refractivity contribution in [3.05, 3.63) is 28.2 Å². The Morgan fingerprint density at radius 2 is 2.31 bits per heavy atom. The van der Waals surface area contributed by atoms with E-state index in [9.17, 15) is 0 Å². The third kappa shape index (κ3) is 0.925. The molecule has 0 bridgehead atoms. The highest BCUT2D eigenvalue weighted by Gasteiger charge is 2.51. The maximum atomic E-state index is 8.19. The number of benzene rings is 1. The van der Waals surface area contributed by atoms with Crippen molar-refractivity contribution in [1.82, 2.24) is 0 Å². The van der Waals surface area contributed by atoms with Crippen LogP contribution in [0.15, 0.2) is 22.7 Å². The van der Waals surface area contributed by atoms with Gasteiger partial charge >= 0.3 is 0 Å². The molecule has 0 radical (unpaired) electrons. The summed E-state index contributed by atoms with van der Waals surface area (Å²) >= 11 is 3.61. The second-order valence-corrected chi connectivity index (χ2v) is 4.88. The van der Waals surface area contributed by atoms with Gasteiger partial charge in [0.25, 0.3) is 0 Å². The lowest BCUT2D eigenvalue weighted by Gasteiger charge is -2.11. The SMILES string of the molecule is [2H]C1N(C)c2cccc(Br)c2C12CC2. The summed E-state index contributed by atoms with van der Waals surface area (Å²) < 4.78 is 9.37. The van der Waals surface area contributed by atoms with E-state index in [1.54, 1.807) is 0 Å². The molecule has 1 unspecified atom stereocenters. The molecule has 1 spiro atoms. The van der Waals surface area contributed by atoms with Crippen LogP contribution in [-0.4, -0.2) is 13.6 Å². The zero-order valence-electron chi connectivity index (χ0n) is 8.55. The summed E-state index contributed by atoms with van der Waals surface area (Å²) in [4.78, 5) is 2.09.